The maximum atomic E-state index is 12.8. The van der Waals surface area contributed by atoms with Gasteiger partial charge in [0.2, 0.25) is 5.91 Å². The Labute approximate surface area is 143 Å². The number of aryl methyl sites for hydroxylation is 1. The van der Waals surface area contributed by atoms with Gasteiger partial charge in [-0.25, -0.2) is 0 Å². The standard InChI is InChI=1S/C16H16F3N3O.ClH/c17-16(18,19)12-7-11(10-20)8-14(9-12)22-15(23)5-4-13-3-1-2-6-21-13;/h1-3,6-9H,4-5,10,20H2,(H,22,23);1H. The number of amides is 1. The van der Waals surface area contributed by atoms with E-state index in [4.69, 9.17) is 5.73 Å². The molecule has 8 heteroatoms. The molecule has 0 spiro atoms. The van der Waals surface area contributed by atoms with Crippen molar-refractivity contribution in [2.75, 3.05) is 5.32 Å². The molecule has 1 aromatic heterocycles. The summed E-state index contributed by atoms with van der Waals surface area (Å²) in [6, 6.07) is 8.67. The number of rotatable bonds is 5. The smallest absolute Gasteiger partial charge is 0.326 e. The van der Waals surface area contributed by atoms with Crippen LogP contribution in [-0.4, -0.2) is 10.9 Å². The molecule has 0 atom stereocenters. The van der Waals surface area contributed by atoms with Gasteiger partial charge in [-0.2, -0.15) is 13.2 Å². The molecule has 0 aliphatic heterocycles. The normalized spacial score (nSPS) is 10.8. The van der Waals surface area contributed by atoms with Crippen LogP contribution in [0.3, 0.4) is 0 Å². The van der Waals surface area contributed by atoms with Crippen LogP contribution in [0.25, 0.3) is 0 Å². The van der Waals surface area contributed by atoms with E-state index in [0.717, 1.165) is 17.8 Å². The van der Waals surface area contributed by atoms with E-state index >= 15 is 0 Å². The Bertz CT molecular complexity index is 678. The number of benzene rings is 1. The highest BCUT2D eigenvalue weighted by atomic mass is 35.5. The van der Waals surface area contributed by atoms with Crippen LogP contribution in [0.5, 0.6) is 0 Å². The molecule has 0 unspecified atom stereocenters. The fourth-order valence-electron chi connectivity index (χ4n) is 2.06. The van der Waals surface area contributed by atoms with Crippen molar-refractivity contribution in [3.8, 4) is 0 Å². The predicted molar refractivity (Wildman–Crippen MR) is 87.8 cm³/mol. The molecule has 1 heterocycles. The van der Waals surface area contributed by atoms with Crippen LogP contribution in [0.1, 0.15) is 23.2 Å². The average Bonchev–Trinajstić information content (AvgIpc) is 2.52. The molecule has 0 saturated heterocycles. The average molecular weight is 360 g/mol. The van der Waals surface area contributed by atoms with Gasteiger partial charge in [0.05, 0.1) is 5.56 Å². The maximum Gasteiger partial charge on any atom is 0.416 e. The van der Waals surface area contributed by atoms with Crippen molar-refractivity contribution in [3.63, 3.8) is 0 Å². The summed E-state index contributed by atoms with van der Waals surface area (Å²) in [5.41, 5.74) is 5.71. The zero-order valence-electron chi connectivity index (χ0n) is 12.6. The van der Waals surface area contributed by atoms with Crippen LogP contribution < -0.4 is 11.1 Å². The van der Waals surface area contributed by atoms with Gasteiger partial charge in [-0.15, -0.1) is 12.4 Å². The van der Waals surface area contributed by atoms with Crippen molar-refractivity contribution in [1.29, 1.82) is 0 Å². The summed E-state index contributed by atoms with van der Waals surface area (Å²) in [6.45, 7) is -0.0409. The Morgan fingerprint density at radius 2 is 1.96 bits per heavy atom. The Morgan fingerprint density at radius 1 is 1.21 bits per heavy atom. The second-order valence-electron chi connectivity index (χ2n) is 4.99. The van der Waals surface area contributed by atoms with E-state index in [1.165, 1.54) is 6.07 Å². The summed E-state index contributed by atoms with van der Waals surface area (Å²) in [5.74, 6) is -0.377. The first-order valence-electron chi connectivity index (χ1n) is 6.99. The maximum absolute atomic E-state index is 12.8. The number of nitrogens with one attached hydrogen (secondary N) is 1. The third-order valence-corrected chi connectivity index (χ3v) is 3.17. The molecule has 2 rings (SSSR count). The van der Waals surface area contributed by atoms with E-state index in [0.29, 0.717) is 12.0 Å². The second kappa shape index (κ2) is 8.65. The number of nitrogens with two attached hydrogens (primary N) is 1. The van der Waals surface area contributed by atoms with Gasteiger partial charge in [0, 0.05) is 30.5 Å². The van der Waals surface area contributed by atoms with E-state index in [-0.39, 0.29) is 37.0 Å². The summed E-state index contributed by atoms with van der Waals surface area (Å²) < 4.78 is 38.5. The van der Waals surface area contributed by atoms with Crippen molar-refractivity contribution >= 4 is 24.0 Å². The number of carbonyl (C=O) groups excluding carboxylic acids is 1. The van der Waals surface area contributed by atoms with Crippen LogP contribution in [0.2, 0.25) is 0 Å². The fraction of sp³-hybridized carbons (Fsp3) is 0.250. The Balaban J connectivity index is 0.00000288. The molecule has 24 heavy (non-hydrogen) atoms. The minimum absolute atomic E-state index is 0. The molecule has 0 bridgehead atoms. The predicted octanol–water partition coefficient (Wildman–Crippen LogP) is 3.55. The number of alkyl halides is 3. The highest BCUT2D eigenvalue weighted by Gasteiger charge is 2.31. The molecule has 2 aromatic rings. The van der Waals surface area contributed by atoms with Crippen LogP contribution in [0, 0.1) is 0 Å². The summed E-state index contributed by atoms with van der Waals surface area (Å²) in [5, 5.41) is 2.48. The number of carbonyl (C=O) groups is 1. The summed E-state index contributed by atoms with van der Waals surface area (Å²) >= 11 is 0. The number of hydrogen-bond acceptors (Lipinski definition) is 3. The highest BCUT2D eigenvalue weighted by molar-refractivity contribution is 5.91. The van der Waals surface area contributed by atoms with Crippen LogP contribution in [0.15, 0.2) is 42.6 Å². The quantitative estimate of drug-likeness (QED) is 0.857. The van der Waals surface area contributed by atoms with Crippen LogP contribution in [-0.2, 0) is 23.9 Å². The zero-order chi connectivity index (χ0) is 16.9. The molecule has 3 N–H and O–H groups in total. The van der Waals surface area contributed by atoms with E-state index < -0.39 is 11.7 Å². The molecule has 0 fully saturated rings. The van der Waals surface area contributed by atoms with Crippen LogP contribution in [0.4, 0.5) is 18.9 Å². The molecule has 1 amide bonds. The lowest BCUT2D eigenvalue weighted by atomic mass is 10.1. The van der Waals surface area contributed by atoms with Gasteiger partial charge in [0.25, 0.3) is 0 Å². The third-order valence-electron chi connectivity index (χ3n) is 3.17. The minimum Gasteiger partial charge on any atom is -0.326 e. The third kappa shape index (κ3) is 5.82. The van der Waals surface area contributed by atoms with Crippen molar-refractivity contribution in [1.82, 2.24) is 4.98 Å². The first-order valence-corrected chi connectivity index (χ1v) is 6.99. The number of nitrogens with zero attached hydrogens (tertiary/aromatic N) is 1. The SMILES string of the molecule is Cl.NCc1cc(NC(=O)CCc2ccccn2)cc(C(F)(F)F)c1. The Morgan fingerprint density at radius 3 is 2.54 bits per heavy atom. The first kappa shape index (κ1) is 19.9. The van der Waals surface area contributed by atoms with Gasteiger partial charge in [-0.1, -0.05) is 6.07 Å². The van der Waals surface area contributed by atoms with E-state index in [2.05, 4.69) is 10.3 Å². The highest BCUT2D eigenvalue weighted by Crippen LogP contribution is 2.32. The lowest BCUT2D eigenvalue weighted by Gasteiger charge is -2.12. The Kier molecular flexibility index (Phi) is 7.18. The van der Waals surface area contributed by atoms with Crippen molar-refractivity contribution in [2.45, 2.75) is 25.6 Å². The molecule has 0 saturated carbocycles. The number of halogens is 4. The van der Waals surface area contributed by atoms with Crippen molar-refractivity contribution in [2.24, 2.45) is 5.73 Å². The lowest BCUT2D eigenvalue weighted by molar-refractivity contribution is -0.137. The number of hydrogen-bond donors (Lipinski definition) is 2. The molecular formula is C16H17ClF3N3O. The second-order valence-corrected chi connectivity index (χ2v) is 4.99. The summed E-state index contributed by atoms with van der Waals surface area (Å²) in [6.07, 6.45) is -2.33. The summed E-state index contributed by atoms with van der Waals surface area (Å²) in [7, 11) is 0. The van der Waals surface area contributed by atoms with E-state index in [1.807, 2.05) is 0 Å². The van der Waals surface area contributed by atoms with Gasteiger partial charge < -0.3 is 11.1 Å². The minimum atomic E-state index is -4.49. The monoisotopic (exact) mass is 359 g/mol. The van der Waals surface area contributed by atoms with E-state index in [1.54, 1.807) is 24.4 Å². The van der Waals surface area contributed by atoms with E-state index in [9.17, 15) is 18.0 Å². The fourth-order valence-corrected chi connectivity index (χ4v) is 2.06. The van der Waals surface area contributed by atoms with Crippen molar-refractivity contribution in [3.05, 3.63) is 59.4 Å². The Hall–Kier alpha value is -2.12. The zero-order valence-corrected chi connectivity index (χ0v) is 13.5. The molecule has 130 valence electrons. The van der Waals surface area contributed by atoms with Gasteiger partial charge >= 0.3 is 6.18 Å². The number of pyridine rings is 1. The van der Waals surface area contributed by atoms with Gasteiger partial charge in [0.1, 0.15) is 0 Å². The molecule has 1 aromatic carbocycles. The lowest BCUT2D eigenvalue weighted by Crippen LogP contribution is -2.15. The van der Waals surface area contributed by atoms with Gasteiger partial charge in [0.15, 0.2) is 0 Å². The summed E-state index contributed by atoms with van der Waals surface area (Å²) in [4.78, 5) is 16.0. The molecule has 0 radical (unpaired) electrons. The number of anilines is 1. The molecular weight excluding hydrogens is 343 g/mol. The van der Waals surface area contributed by atoms with Gasteiger partial charge in [-0.05, 0) is 42.3 Å². The van der Waals surface area contributed by atoms with Crippen molar-refractivity contribution < 1.29 is 18.0 Å². The van der Waals surface area contributed by atoms with Crippen LogP contribution >= 0.6 is 12.4 Å². The number of aromatic nitrogens is 1. The topological polar surface area (TPSA) is 68.0 Å². The largest absolute Gasteiger partial charge is 0.416 e. The molecule has 0 aliphatic rings. The molecule has 4 nitrogen and oxygen atoms in total. The molecule has 0 aliphatic carbocycles. The van der Waals surface area contributed by atoms with Gasteiger partial charge in [-0.3, -0.25) is 9.78 Å². The first-order chi connectivity index (χ1) is 10.9.